The molecule has 1 fully saturated rings. The van der Waals surface area contributed by atoms with E-state index in [2.05, 4.69) is 126 Å². The molecule has 1 saturated heterocycles. The third-order valence-corrected chi connectivity index (χ3v) is 12.4. The van der Waals surface area contributed by atoms with Crippen molar-refractivity contribution in [2.24, 2.45) is 0 Å². The highest BCUT2D eigenvalue weighted by atomic mass is 31.1. The van der Waals surface area contributed by atoms with Gasteiger partial charge in [0.15, 0.2) is 0 Å². The van der Waals surface area contributed by atoms with Crippen LogP contribution in [-0.2, 0) is 4.74 Å². The van der Waals surface area contributed by atoms with Crippen molar-refractivity contribution in [3.05, 3.63) is 121 Å². The van der Waals surface area contributed by atoms with E-state index in [0.29, 0.717) is 12.2 Å². The molecule has 4 aromatic carbocycles. The number of carbonyl (C=O) groups excluding carboxylic acids is 1. The number of hydrogen-bond acceptors (Lipinski definition) is 2. The minimum absolute atomic E-state index is 0.105. The van der Waals surface area contributed by atoms with E-state index in [-0.39, 0.29) is 12.1 Å². The van der Waals surface area contributed by atoms with Crippen molar-refractivity contribution in [3.8, 4) is 0 Å². The first kappa shape index (κ1) is 27.6. The number of likely N-dealkylation sites (tertiary alicyclic amines) is 1. The Hall–Kier alpha value is -2.99. The first-order valence-corrected chi connectivity index (χ1v) is 16.6. The van der Waals surface area contributed by atoms with Gasteiger partial charge < -0.3 is 9.64 Å². The Morgan fingerprint density at radius 3 is 1.54 bits per heavy atom. The Morgan fingerprint density at radius 2 is 1.13 bits per heavy atom. The lowest BCUT2D eigenvalue weighted by Gasteiger charge is -2.31. The molecule has 3 nitrogen and oxygen atoms in total. The quantitative estimate of drug-likeness (QED) is 0.241. The molecule has 0 spiro atoms. The van der Waals surface area contributed by atoms with Gasteiger partial charge >= 0.3 is 6.09 Å². The van der Waals surface area contributed by atoms with E-state index < -0.39 is 21.4 Å². The van der Waals surface area contributed by atoms with E-state index in [1.54, 1.807) is 0 Å². The van der Waals surface area contributed by atoms with Crippen molar-refractivity contribution in [2.75, 3.05) is 12.7 Å². The lowest BCUT2D eigenvalue weighted by molar-refractivity contribution is 0.0242. The standard InChI is InChI=1S/C34H37NO2P2/c1-34(2,3)37-33(36)35-25-32(39(30-20-12-6-13-21-30)31-22-14-7-15-23-31)24-27(35)26-38(28-16-8-4-9-17-28)29-18-10-5-11-19-29/h4-23,27,32H,24-26H2,1-3H3/t27-,32-/m0/s1. The van der Waals surface area contributed by atoms with Crippen LogP contribution >= 0.6 is 15.8 Å². The minimum atomic E-state index is -0.639. The molecule has 200 valence electrons. The molecule has 0 radical (unpaired) electrons. The Morgan fingerprint density at radius 1 is 0.718 bits per heavy atom. The van der Waals surface area contributed by atoms with E-state index in [1.807, 2.05) is 20.8 Å². The fourth-order valence-electron chi connectivity index (χ4n) is 5.33. The van der Waals surface area contributed by atoms with Gasteiger partial charge in [0.1, 0.15) is 5.60 Å². The first-order chi connectivity index (χ1) is 18.9. The topological polar surface area (TPSA) is 29.5 Å². The van der Waals surface area contributed by atoms with Gasteiger partial charge in [0.25, 0.3) is 0 Å². The van der Waals surface area contributed by atoms with Gasteiger partial charge in [-0.2, -0.15) is 0 Å². The van der Waals surface area contributed by atoms with Crippen molar-refractivity contribution in [1.29, 1.82) is 0 Å². The Balaban J connectivity index is 1.51. The fourth-order valence-corrected chi connectivity index (χ4v) is 10.8. The van der Waals surface area contributed by atoms with Crippen molar-refractivity contribution in [3.63, 3.8) is 0 Å². The average Bonchev–Trinajstić information content (AvgIpc) is 3.36. The summed E-state index contributed by atoms with van der Waals surface area (Å²) in [5.41, 5.74) is -0.182. The van der Waals surface area contributed by atoms with E-state index >= 15 is 0 Å². The molecule has 5 rings (SSSR count). The number of carbonyl (C=O) groups is 1. The molecule has 0 unspecified atom stereocenters. The third-order valence-electron chi connectivity index (χ3n) is 6.98. The summed E-state index contributed by atoms with van der Waals surface area (Å²) in [5.74, 6) is 0. The maximum Gasteiger partial charge on any atom is 0.410 e. The van der Waals surface area contributed by atoms with Crippen molar-refractivity contribution < 1.29 is 9.53 Å². The zero-order valence-corrected chi connectivity index (χ0v) is 24.8. The highest BCUT2D eigenvalue weighted by molar-refractivity contribution is 7.74. The van der Waals surface area contributed by atoms with Gasteiger partial charge in [0.05, 0.1) is 0 Å². The number of ether oxygens (including phenoxy) is 1. The van der Waals surface area contributed by atoms with Crippen LogP contribution in [0.15, 0.2) is 121 Å². The maximum absolute atomic E-state index is 13.7. The molecule has 1 amide bonds. The molecule has 0 saturated carbocycles. The molecule has 1 heterocycles. The second-order valence-electron chi connectivity index (χ2n) is 11.0. The van der Waals surface area contributed by atoms with Crippen molar-refractivity contribution >= 4 is 43.2 Å². The fraction of sp³-hybridized carbons (Fsp3) is 0.265. The molecule has 0 bridgehead atoms. The Bertz CT molecular complexity index is 1250. The molecule has 0 N–H and O–H groups in total. The van der Waals surface area contributed by atoms with Crippen LogP contribution in [0.1, 0.15) is 27.2 Å². The zero-order valence-electron chi connectivity index (χ0n) is 23.0. The van der Waals surface area contributed by atoms with Gasteiger partial charge in [-0.3, -0.25) is 0 Å². The van der Waals surface area contributed by atoms with Crippen LogP contribution in [0.5, 0.6) is 0 Å². The Labute approximate surface area is 235 Å². The molecule has 0 aromatic heterocycles. The molecule has 5 heteroatoms. The van der Waals surface area contributed by atoms with E-state index in [9.17, 15) is 4.79 Å². The first-order valence-electron chi connectivity index (χ1n) is 13.7. The molecule has 1 aliphatic heterocycles. The molecular formula is C34H37NO2P2. The zero-order chi connectivity index (χ0) is 27.2. The van der Waals surface area contributed by atoms with Gasteiger partial charge in [0.2, 0.25) is 0 Å². The van der Waals surface area contributed by atoms with E-state index in [1.165, 1.54) is 21.2 Å². The molecule has 2 atom stereocenters. The lowest BCUT2D eigenvalue weighted by atomic mass is 10.2. The summed E-state index contributed by atoms with van der Waals surface area (Å²) in [6, 6.07) is 43.4. The largest absolute Gasteiger partial charge is 0.444 e. The predicted octanol–water partition coefficient (Wildman–Crippen LogP) is 6.63. The second kappa shape index (κ2) is 12.5. The van der Waals surface area contributed by atoms with Crippen LogP contribution in [0.25, 0.3) is 0 Å². The average molecular weight is 554 g/mol. The molecule has 1 aliphatic rings. The third kappa shape index (κ3) is 6.96. The van der Waals surface area contributed by atoms with Crippen molar-refractivity contribution in [2.45, 2.75) is 44.5 Å². The van der Waals surface area contributed by atoms with Crippen LogP contribution in [0, 0.1) is 0 Å². The van der Waals surface area contributed by atoms with Crippen LogP contribution in [-0.4, -0.2) is 41.0 Å². The molecular weight excluding hydrogens is 516 g/mol. The van der Waals surface area contributed by atoms with Gasteiger partial charge in [-0.05, 0) is 70.4 Å². The minimum Gasteiger partial charge on any atom is -0.444 e. The smallest absolute Gasteiger partial charge is 0.410 e. The van der Waals surface area contributed by atoms with Gasteiger partial charge in [-0.25, -0.2) is 4.79 Å². The molecule has 4 aromatic rings. The predicted molar refractivity (Wildman–Crippen MR) is 168 cm³/mol. The molecule has 0 aliphatic carbocycles. The van der Waals surface area contributed by atoms with E-state index in [4.69, 9.17) is 4.74 Å². The summed E-state index contributed by atoms with van der Waals surface area (Å²) in [6.07, 6.45) is 1.70. The van der Waals surface area contributed by atoms with Crippen LogP contribution in [0.4, 0.5) is 4.79 Å². The lowest BCUT2D eigenvalue weighted by Crippen LogP contribution is -2.42. The normalized spacial score (nSPS) is 17.5. The maximum atomic E-state index is 13.7. The van der Waals surface area contributed by atoms with Gasteiger partial charge in [-0.15, -0.1) is 0 Å². The summed E-state index contributed by atoms with van der Waals surface area (Å²) in [4.78, 5) is 15.7. The highest BCUT2D eigenvalue weighted by Crippen LogP contribution is 2.48. The summed E-state index contributed by atoms with van der Waals surface area (Å²) in [6.45, 7) is 6.57. The van der Waals surface area contributed by atoms with Gasteiger partial charge in [0, 0.05) is 18.2 Å². The summed E-state index contributed by atoms with van der Waals surface area (Å²) >= 11 is 0. The number of hydrogen-bond donors (Lipinski definition) is 0. The Kier molecular flexibility index (Phi) is 8.81. The SMILES string of the molecule is CC(C)(C)OC(=O)N1C[C@@H](P(c2ccccc2)c2ccccc2)C[C@H]1CP(c1ccccc1)c1ccccc1. The number of rotatable bonds is 7. The van der Waals surface area contributed by atoms with Crippen molar-refractivity contribution in [1.82, 2.24) is 4.90 Å². The van der Waals surface area contributed by atoms with Crippen LogP contribution < -0.4 is 21.2 Å². The van der Waals surface area contributed by atoms with Gasteiger partial charge in [-0.1, -0.05) is 121 Å². The summed E-state index contributed by atoms with van der Waals surface area (Å²) in [7, 11) is -1.27. The van der Waals surface area contributed by atoms with E-state index in [0.717, 1.165) is 12.6 Å². The van der Waals surface area contributed by atoms with Crippen LogP contribution in [0.3, 0.4) is 0 Å². The molecule has 39 heavy (non-hydrogen) atoms. The number of benzene rings is 4. The van der Waals surface area contributed by atoms with Crippen LogP contribution in [0.2, 0.25) is 0 Å². The second-order valence-corrected chi connectivity index (χ2v) is 15.8. The number of amides is 1. The summed E-state index contributed by atoms with van der Waals surface area (Å²) in [5, 5.41) is 5.42. The summed E-state index contributed by atoms with van der Waals surface area (Å²) < 4.78 is 5.99. The monoisotopic (exact) mass is 553 g/mol. The highest BCUT2D eigenvalue weighted by Gasteiger charge is 2.42. The number of nitrogens with zero attached hydrogens (tertiary/aromatic N) is 1.